The first-order chi connectivity index (χ1) is 9.74. The SMILES string of the molecule is O=C(/C=C/c1ccccc1I)c1ccc2c(c1)OCO2. The predicted molar refractivity (Wildman–Crippen MR) is 85.1 cm³/mol. The van der Waals surface area contributed by atoms with Gasteiger partial charge in [0.2, 0.25) is 6.79 Å². The maximum Gasteiger partial charge on any atom is 0.231 e. The minimum Gasteiger partial charge on any atom is -0.454 e. The normalized spacial score (nSPS) is 12.8. The Morgan fingerprint density at radius 1 is 1.10 bits per heavy atom. The van der Waals surface area contributed by atoms with Gasteiger partial charge in [-0.15, -0.1) is 0 Å². The van der Waals surface area contributed by atoms with Gasteiger partial charge in [0.25, 0.3) is 0 Å². The Hall–Kier alpha value is -1.82. The zero-order valence-electron chi connectivity index (χ0n) is 10.5. The molecule has 0 bridgehead atoms. The zero-order chi connectivity index (χ0) is 13.9. The summed E-state index contributed by atoms with van der Waals surface area (Å²) in [5, 5.41) is 0. The van der Waals surface area contributed by atoms with Gasteiger partial charge < -0.3 is 9.47 Å². The van der Waals surface area contributed by atoms with Crippen LogP contribution in [0.1, 0.15) is 15.9 Å². The zero-order valence-corrected chi connectivity index (χ0v) is 12.7. The van der Waals surface area contributed by atoms with Crippen LogP contribution in [0.15, 0.2) is 48.5 Å². The summed E-state index contributed by atoms with van der Waals surface area (Å²) >= 11 is 2.25. The number of benzene rings is 2. The van der Waals surface area contributed by atoms with Crippen molar-refractivity contribution < 1.29 is 14.3 Å². The van der Waals surface area contributed by atoms with Crippen molar-refractivity contribution in [3.8, 4) is 11.5 Å². The van der Waals surface area contributed by atoms with Gasteiger partial charge in [0.05, 0.1) is 0 Å². The second-order valence-electron chi connectivity index (χ2n) is 4.29. The van der Waals surface area contributed by atoms with E-state index in [9.17, 15) is 4.79 Å². The van der Waals surface area contributed by atoms with Crippen molar-refractivity contribution in [2.45, 2.75) is 0 Å². The highest BCUT2D eigenvalue weighted by atomic mass is 127. The molecule has 3 nitrogen and oxygen atoms in total. The molecule has 0 atom stereocenters. The molecule has 0 aliphatic carbocycles. The molecule has 0 spiro atoms. The van der Waals surface area contributed by atoms with Crippen LogP contribution in [-0.4, -0.2) is 12.6 Å². The highest BCUT2D eigenvalue weighted by Gasteiger charge is 2.15. The topological polar surface area (TPSA) is 35.5 Å². The van der Waals surface area contributed by atoms with E-state index in [1.165, 1.54) is 0 Å². The van der Waals surface area contributed by atoms with Gasteiger partial charge in [-0.25, -0.2) is 0 Å². The lowest BCUT2D eigenvalue weighted by Gasteiger charge is -2.00. The second kappa shape index (κ2) is 5.66. The van der Waals surface area contributed by atoms with E-state index in [-0.39, 0.29) is 12.6 Å². The van der Waals surface area contributed by atoms with Gasteiger partial charge in [-0.1, -0.05) is 24.3 Å². The van der Waals surface area contributed by atoms with Crippen LogP contribution in [0.2, 0.25) is 0 Å². The van der Waals surface area contributed by atoms with Gasteiger partial charge in [0.1, 0.15) is 0 Å². The number of carbonyl (C=O) groups excluding carboxylic acids is 1. The molecule has 1 aliphatic heterocycles. The molecule has 0 aromatic heterocycles. The summed E-state index contributed by atoms with van der Waals surface area (Å²) in [4.78, 5) is 12.1. The Labute approximate surface area is 130 Å². The van der Waals surface area contributed by atoms with Crippen LogP contribution in [0, 0.1) is 3.57 Å². The number of fused-ring (bicyclic) bond motifs is 1. The first-order valence-corrected chi connectivity index (χ1v) is 7.18. The van der Waals surface area contributed by atoms with Gasteiger partial charge in [-0.05, 0) is 58.5 Å². The molecule has 2 aromatic carbocycles. The van der Waals surface area contributed by atoms with Crippen LogP contribution in [0.3, 0.4) is 0 Å². The Kier molecular flexibility index (Phi) is 3.73. The molecule has 20 heavy (non-hydrogen) atoms. The molecule has 100 valence electrons. The molecule has 0 saturated heterocycles. The highest BCUT2D eigenvalue weighted by Crippen LogP contribution is 2.32. The number of hydrogen-bond acceptors (Lipinski definition) is 3. The number of rotatable bonds is 3. The van der Waals surface area contributed by atoms with E-state index in [1.54, 1.807) is 24.3 Å². The molecule has 0 unspecified atom stereocenters. The van der Waals surface area contributed by atoms with Crippen LogP contribution < -0.4 is 9.47 Å². The van der Waals surface area contributed by atoms with Gasteiger partial charge in [-0.3, -0.25) is 4.79 Å². The summed E-state index contributed by atoms with van der Waals surface area (Å²) in [5.74, 6) is 1.25. The predicted octanol–water partition coefficient (Wildman–Crippen LogP) is 3.92. The second-order valence-corrected chi connectivity index (χ2v) is 5.45. The molecule has 1 aliphatic rings. The summed E-state index contributed by atoms with van der Waals surface area (Å²) in [6, 6.07) is 13.1. The maximum atomic E-state index is 12.1. The lowest BCUT2D eigenvalue weighted by molar-refractivity contribution is 0.104. The largest absolute Gasteiger partial charge is 0.454 e. The first-order valence-electron chi connectivity index (χ1n) is 6.10. The fourth-order valence-corrected chi connectivity index (χ4v) is 2.49. The molecular formula is C16H11IO3. The fourth-order valence-electron chi connectivity index (χ4n) is 1.92. The monoisotopic (exact) mass is 378 g/mol. The van der Waals surface area contributed by atoms with Gasteiger partial charge in [-0.2, -0.15) is 0 Å². The third-order valence-corrected chi connectivity index (χ3v) is 3.96. The van der Waals surface area contributed by atoms with E-state index >= 15 is 0 Å². The quantitative estimate of drug-likeness (QED) is 0.462. The number of hydrogen-bond donors (Lipinski definition) is 0. The van der Waals surface area contributed by atoms with Crippen LogP contribution in [-0.2, 0) is 0 Å². The van der Waals surface area contributed by atoms with Crippen LogP contribution in [0.5, 0.6) is 11.5 Å². The molecule has 0 saturated carbocycles. The Balaban J connectivity index is 1.81. The molecule has 0 amide bonds. The molecule has 0 fully saturated rings. The summed E-state index contributed by atoms with van der Waals surface area (Å²) in [5.41, 5.74) is 1.62. The number of carbonyl (C=O) groups is 1. The van der Waals surface area contributed by atoms with Crippen molar-refractivity contribution in [1.82, 2.24) is 0 Å². The van der Waals surface area contributed by atoms with Crippen molar-refractivity contribution >= 4 is 34.5 Å². The first kappa shape index (κ1) is 13.2. The van der Waals surface area contributed by atoms with Gasteiger partial charge in [0.15, 0.2) is 17.3 Å². The Bertz CT molecular complexity index is 692. The Morgan fingerprint density at radius 3 is 2.75 bits per heavy atom. The third kappa shape index (κ3) is 2.70. The summed E-state index contributed by atoms with van der Waals surface area (Å²) in [6.45, 7) is 0.213. The van der Waals surface area contributed by atoms with Crippen molar-refractivity contribution in [1.29, 1.82) is 0 Å². The summed E-state index contributed by atoms with van der Waals surface area (Å²) in [7, 11) is 0. The fraction of sp³-hybridized carbons (Fsp3) is 0.0625. The van der Waals surface area contributed by atoms with Crippen LogP contribution in [0.4, 0.5) is 0 Å². The average Bonchev–Trinajstić information content (AvgIpc) is 2.93. The van der Waals surface area contributed by atoms with Gasteiger partial charge in [0, 0.05) is 9.13 Å². The lowest BCUT2D eigenvalue weighted by Crippen LogP contribution is -1.94. The number of halogens is 1. The van der Waals surface area contributed by atoms with Crippen molar-refractivity contribution in [2.75, 3.05) is 6.79 Å². The van der Waals surface area contributed by atoms with E-state index in [2.05, 4.69) is 22.6 Å². The van der Waals surface area contributed by atoms with Crippen LogP contribution >= 0.6 is 22.6 Å². The lowest BCUT2D eigenvalue weighted by atomic mass is 10.1. The third-order valence-electron chi connectivity index (χ3n) is 2.98. The summed E-state index contributed by atoms with van der Waals surface area (Å²) in [6.07, 6.45) is 3.41. The van der Waals surface area contributed by atoms with Crippen molar-refractivity contribution in [3.63, 3.8) is 0 Å². The van der Waals surface area contributed by atoms with E-state index in [0.717, 1.165) is 9.13 Å². The molecule has 0 N–H and O–H groups in total. The number of allylic oxidation sites excluding steroid dienone is 1. The standard InChI is InChI=1S/C16H11IO3/c17-13-4-2-1-3-11(13)5-7-14(18)12-6-8-15-16(9-12)20-10-19-15/h1-9H,10H2/b7-5+. The number of ketones is 1. The molecular weight excluding hydrogens is 367 g/mol. The highest BCUT2D eigenvalue weighted by molar-refractivity contribution is 14.1. The van der Waals surface area contributed by atoms with E-state index < -0.39 is 0 Å². The van der Waals surface area contributed by atoms with Gasteiger partial charge >= 0.3 is 0 Å². The number of ether oxygens (including phenoxy) is 2. The smallest absolute Gasteiger partial charge is 0.231 e. The van der Waals surface area contributed by atoms with E-state index in [4.69, 9.17) is 9.47 Å². The summed E-state index contributed by atoms with van der Waals surface area (Å²) < 4.78 is 11.6. The maximum absolute atomic E-state index is 12.1. The van der Waals surface area contributed by atoms with Crippen LogP contribution in [0.25, 0.3) is 6.08 Å². The minimum atomic E-state index is -0.0528. The Morgan fingerprint density at radius 2 is 1.90 bits per heavy atom. The minimum absolute atomic E-state index is 0.0528. The van der Waals surface area contributed by atoms with Crippen molar-refractivity contribution in [2.24, 2.45) is 0 Å². The molecule has 2 aromatic rings. The van der Waals surface area contributed by atoms with Crippen molar-refractivity contribution in [3.05, 3.63) is 63.2 Å². The molecule has 4 heteroatoms. The van der Waals surface area contributed by atoms with E-state index in [1.807, 2.05) is 30.3 Å². The molecule has 3 rings (SSSR count). The molecule has 1 heterocycles. The molecule has 0 radical (unpaired) electrons. The van der Waals surface area contributed by atoms with E-state index in [0.29, 0.717) is 17.1 Å². The average molecular weight is 378 g/mol.